The van der Waals surface area contributed by atoms with E-state index in [9.17, 15) is 9.59 Å². The quantitative estimate of drug-likeness (QED) is 0.724. The van der Waals surface area contributed by atoms with E-state index in [1.807, 2.05) is 57.2 Å². The van der Waals surface area contributed by atoms with E-state index in [0.29, 0.717) is 18.0 Å². The van der Waals surface area contributed by atoms with Gasteiger partial charge in [0, 0.05) is 6.54 Å². The summed E-state index contributed by atoms with van der Waals surface area (Å²) < 4.78 is 5.72. The van der Waals surface area contributed by atoms with Crippen LogP contribution in [0, 0.1) is 12.3 Å². The van der Waals surface area contributed by atoms with Gasteiger partial charge in [0.2, 0.25) is 11.8 Å². The summed E-state index contributed by atoms with van der Waals surface area (Å²) in [5.41, 5.74) is 1.47. The number of carbonyl (C=O) groups excluding carboxylic acids is 2. The number of hydrogen-bond donors (Lipinski definition) is 2. The van der Waals surface area contributed by atoms with Crippen LogP contribution in [0.25, 0.3) is 0 Å². The van der Waals surface area contributed by atoms with E-state index in [0.717, 1.165) is 11.1 Å². The van der Waals surface area contributed by atoms with Crippen molar-refractivity contribution >= 4 is 17.5 Å². The third-order valence-corrected chi connectivity index (χ3v) is 4.21. The molecule has 0 aliphatic heterocycles. The summed E-state index contributed by atoms with van der Waals surface area (Å²) in [7, 11) is 0. The van der Waals surface area contributed by atoms with E-state index in [1.165, 1.54) is 0 Å². The third kappa shape index (κ3) is 5.58. The fourth-order valence-corrected chi connectivity index (χ4v) is 2.42. The van der Waals surface area contributed by atoms with Gasteiger partial charge in [-0.15, -0.1) is 0 Å². The molecular weight excluding hydrogens is 340 g/mol. The van der Waals surface area contributed by atoms with Crippen molar-refractivity contribution in [1.29, 1.82) is 0 Å². The molecule has 2 N–H and O–H groups in total. The maximum Gasteiger partial charge on any atom is 0.239 e. The highest BCUT2D eigenvalue weighted by Gasteiger charge is 2.36. The van der Waals surface area contributed by atoms with Crippen LogP contribution in [0.15, 0.2) is 48.5 Å². The number of amides is 2. The van der Waals surface area contributed by atoms with Crippen molar-refractivity contribution in [3.63, 3.8) is 0 Å². The number of carbonyl (C=O) groups is 2. The van der Waals surface area contributed by atoms with Gasteiger partial charge in [-0.1, -0.05) is 42.0 Å². The molecule has 0 aromatic heterocycles. The normalized spacial score (nSPS) is 11.2. The van der Waals surface area contributed by atoms with Gasteiger partial charge in [-0.05, 0) is 52.3 Å². The lowest BCUT2D eigenvalue weighted by Gasteiger charge is -2.24. The summed E-state index contributed by atoms with van der Waals surface area (Å²) in [6.45, 7) is 9.44. The molecule has 144 valence electrons. The Bertz CT molecular complexity index is 795. The Hall–Kier alpha value is -2.82. The number of hydrogen-bond acceptors (Lipinski definition) is 3. The molecule has 0 unspecified atom stereocenters. The Kier molecular flexibility index (Phi) is 6.61. The molecule has 0 aliphatic rings. The van der Waals surface area contributed by atoms with Gasteiger partial charge < -0.3 is 15.4 Å². The van der Waals surface area contributed by atoms with Crippen molar-refractivity contribution in [3.05, 3.63) is 59.7 Å². The van der Waals surface area contributed by atoms with Crippen LogP contribution in [0.5, 0.6) is 5.75 Å². The van der Waals surface area contributed by atoms with Crippen molar-refractivity contribution in [2.45, 2.75) is 47.3 Å². The summed E-state index contributed by atoms with van der Waals surface area (Å²) in [4.78, 5) is 25.3. The zero-order valence-corrected chi connectivity index (χ0v) is 16.6. The van der Waals surface area contributed by atoms with Gasteiger partial charge in [0.1, 0.15) is 11.2 Å². The van der Waals surface area contributed by atoms with Gasteiger partial charge in [0.15, 0.2) is 0 Å². The van der Waals surface area contributed by atoms with Crippen LogP contribution in [0.2, 0.25) is 0 Å². The van der Waals surface area contributed by atoms with E-state index < -0.39 is 5.41 Å². The van der Waals surface area contributed by atoms with E-state index in [2.05, 4.69) is 10.6 Å². The fourth-order valence-electron chi connectivity index (χ4n) is 2.42. The van der Waals surface area contributed by atoms with E-state index in [-0.39, 0.29) is 17.9 Å². The number of anilines is 1. The lowest BCUT2D eigenvalue weighted by Crippen LogP contribution is -2.44. The number of rotatable bonds is 7. The van der Waals surface area contributed by atoms with Gasteiger partial charge in [-0.3, -0.25) is 9.59 Å². The second kappa shape index (κ2) is 8.71. The molecule has 5 heteroatoms. The van der Waals surface area contributed by atoms with Crippen molar-refractivity contribution in [2.24, 2.45) is 5.41 Å². The molecule has 0 bridgehead atoms. The molecule has 2 amide bonds. The highest BCUT2D eigenvalue weighted by Crippen LogP contribution is 2.27. The van der Waals surface area contributed by atoms with Gasteiger partial charge in [0.25, 0.3) is 0 Å². The summed E-state index contributed by atoms with van der Waals surface area (Å²) in [6, 6.07) is 15.1. The van der Waals surface area contributed by atoms with Crippen molar-refractivity contribution in [3.8, 4) is 5.75 Å². The highest BCUT2D eigenvalue weighted by atomic mass is 16.5. The van der Waals surface area contributed by atoms with Crippen LogP contribution >= 0.6 is 0 Å². The second-order valence-electron chi connectivity index (χ2n) is 7.41. The lowest BCUT2D eigenvalue weighted by molar-refractivity contribution is -0.138. The number of benzene rings is 2. The number of ether oxygens (including phenoxy) is 1. The molecule has 0 saturated heterocycles. The largest absolute Gasteiger partial charge is 0.489 e. The molecule has 0 spiro atoms. The summed E-state index contributed by atoms with van der Waals surface area (Å²) in [5.74, 6) is -0.136. The Balaban J connectivity index is 2.03. The fraction of sp³-hybridized carbons (Fsp3) is 0.364. The van der Waals surface area contributed by atoms with Crippen LogP contribution in [-0.4, -0.2) is 17.9 Å². The first-order valence-corrected chi connectivity index (χ1v) is 9.11. The molecule has 5 nitrogen and oxygen atoms in total. The average molecular weight is 368 g/mol. The maximum absolute atomic E-state index is 12.7. The van der Waals surface area contributed by atoms with Crippen molar-refractivity contribution in [1.82, 2.24) is 5.32 Å². The van der Waals surface area contributed by atoms with Crippen molar-refractivity contribution in [2.75, 3.05) is 5.32 Å². The van der Waals surface area contributed by atoms with Gasteiger partial charge in [-0.25, -0.2) is 0 Å². The average Bonchev–Trinajstić information content (AvgIpc) is 2.62. The monoisotopic (exact) mass is 368 g/mol. The summed E-state index contributed by atoms with van der Waals surface area (Å²) in [5, 5.41) is 5.66. The summed E-state index contributed by atoms with van der Waals surface area (Å²) >= 11 is 0. The van der Waals surface area contributed by atoms with E-state index in [1.54, 1.807) is 26.0 Å². The number of aryl methyl sites for hydroxylation is 1. The standard InChI is InChI=1S/C22H28N2O3/c1-15(2)27-19-9-7-6-8-18(19)24-21(26)22(4,5)20(25)23-14-17-12-10-16(3)11-13-17/h6-13,15H,14H2,1-5H3,(H,23,25)(H,24,26). The Labute approximate surface area is 161 Å². The minimum absolute atomic E-state index is 0.0196. The Morgan fingerprint density at radius 1 is 1.00 bits per heavy atom. The van der Waals surface area contributed by atoms with Crippen LogP contribution in [0.1, 0.15) is 38.8 Å². The molecule has 0 radical (unpaired) electrons. The SMILES string of the molecule is Cc1ccc(CNC(=O)C(C)(C)C(=O)Nc2ccccc2OC(C)C)cc1. The van der Waals surface area contributed by atoms with Gasteiger partial charge >= 0.3 is 0 Å². The highest BCUT2D eigenvalue weighted by molar-refractivity contribution is 6.10. The minimum Gasteiger partial charge on any atom is -0.489 e. The molecule has 0 saturated carbocycles. The van der Waals surface area contributed by atoms with Crippen LogP contribution in [0.4, 0.5) is 5.69 Å². The predicted molar refractivity (Wildman–Crippen MR) is 108 cm³/mol. The molecule has 0 aliphatic carbocycles. The van der Waals surface area contributed by atoms with Crippen LogP contribution in [0.3, 0.4) is 0 Å². The molecular formula is C22H28N2O3. The zero-order valence-electron chi connectivity index (χ0n) is 16.6. The smallest absolute Gasteiger partial charge is 0.239 e. The molecule has 0 fully saturated rings. The Morgan fingerprint density at radius 2 is 1.63 bits per heavy atom. The molecule has 2 aromatic carbocycles. The minimum atomic E-state index is -1.23. The zero-order chi connectivity index (χ0) is 20.0. The van der Waals surface area contributed by atoms with Crippen LogP contribution < -0.4 is 15.4 Å². The topological polar surface area (TPSA) is 67.4 Å². The summed E-state index contributed by atoms with van der Waals surface area (Å²) in [6.07, 6.45) is -0.0196. The van der Waals surface area contributed by atoms with E-state index >= 15 is 0 Å². The number of para-hydroxylation sites is 2. The third-order valence-electron chi connectivity index (χ3n) is 4.21. The maximum atomic E-state index is 12.7. The molecule has 2 aromatic rings. The Morgan fingerprint density at radius 3 is 2.26 bits per heavy atom. The molecule has 2 rings (SSSR count). The lowest BCUT2D eigenvalue weighted by atomic mass is 9.90. The molecule has 0 heterocycles. The van der Waals surface area contributed by atoms with Gasteiger partial charge in [0.05, 0.1) is 11.8 Å². The van der Waals surface area contributed by atoms with Crippen LogP contribution in [-0.2, 0) is 16.1 Å². The first-order valence-electron chi connectivity index (χ1n) is 9.11. The first-order chi connectivity index (χ1) is 12.7. The van der Waals surface area contributed by atoms with Crippen molar-refractivity contribution < 1.29 is 14.3 Å². The molecule has 27 heavy (non-hydrogen) atoms. The number of nitrogens with one attached hydrogen (secondary N) is 2. The first kappa shape index (κ1) is 20.5. The predicted octanol–water partition coefficient (Wildman–Crippen LogP) is 4.06. The second-order valence-corrected chi connectivity index (χ2v) is 7.41. The molecule has 0 atom stereocenters. The van der Waals surface area contributed by atoms with Gasteiger partial charge in [-0.2, -0.15) is 0 Å². The van der Waals surface area contributed by atoms with E-state index in [4.69, 9.17) is 4.74 Å².